The van der Waals surface area contributed by atoms with E-state index >= 15 is 0 Å². The fourth-order valence-electron chi connectivity index (χ4n) is 1.01. The number of β-amino-alcohol motifs (C(OH)–C–C–N with tert-alkyl or cyclic N) is 1. The van der Waals surface area contributed by atoms with E-state index in [-0.39, 0.29) is 6.10 Å². The third-order valence-electron chi connectivity index (χ3n) is 1.91. The zero-order chi connectivity index (χ0) is 7.56. The van der Waals surface area contributed by atoms with Crippen molar-refractivity contribution in [1.82, 2.24) is 5.06 Å². The van der Waals surface area contributed by atoms with Gasteiger partial charge >= 0.3 is 0 Å². The first kappa shape index (κ1) is 7.98. The third kappa shape index (κ3) is 1.68. The molecule has 60 valence electrons. The van der Waals surface area contributed by atoms with Crippen LogP contribution in [-0.2, 0) is 4.84 Å². The van der Waals surface area contributed by atoms with E-state index < -0.39 is 0 Å². The molecule has 3 heteroatoms. The molecule has 1 N–H and O–H groups in total. The van der Waals surface area contributed by atoms with Crippen LogP contribution in [0, 0.1) is 0 Å². The van der Waals surface area contributed by atoms with Crippen molar-refractivity contribution in [3.8, 4) is 0 Å². The number of hydroxylamine groups is 2. The van der Waals surface area contributed by atoms with Crippen LogP contribution in [0.15, 0.2) is 0 Å². The lowest BCUT2D eigenvalue weighted by atomic mass is 10.2. The Morgan fingerprint density at radius 3 is 2.90 bits per heavy atom. The van der Waals surface area contributed by atoms with Crippen LogP contribution in [0.4, 0.5) is 0 Å². The Balaban J connectivity index is 2.29. The van der Waals surface area contributed by atoms with E-state index in [0.717, 1.165) is 6.42 Å². The summed E-state index contributed by atoms with van der Waals surface area (Å²) in [5.41, 5.74) is 0. The van der Waals surface area contributed by atoms with Crippen molar-refractivity contribution in [2.75, 3.05) is 13.2 Å². The summed E-state index contributed by atoms with van der Waals surface area (Å²) in [6.07, 6.45) is 0.779. The van der Waals surface area contributed by atoms with Crippen LogP contribution in [0.3, 0.4) is 0 Å². The number of aliphatic hydroxyl groups excluding tert-OH is 1. The molecule has 0 aromatic carbocycles. The molecule has 0 amide bonds. The summed E-state index contributed by atoms with van der Waals surface area (Å²) in [5, 5.41) is 10.9. The molecule has 1 rings (SSSR count). The summed E-state index contributed by atoms with van der Waals surface area (Å²) in [6.45, 7) is 5.33. The standard InChI is InChI=1S/C7H15NO2/c1-3-6(2)8-4-7(9)5-10-8/h6-7,9H,3-5H2,1-2H3/t6?,7-/m1/s1. The predicted molar refractivity (Wildman–Crippen MR) is 38.4 cm³/mol. The van der Waals surface area contributed by atoms with Gasteiger partial charge in [-0.15, -0.1) is 0 Å². The van der Waals surface area contributed by atoms with Crippen molar-refractivity contribution >= 4 is 0 Å². The first-order valence-electron chi connectivity index (χ1n) is 3.81. The summed E-state index contributed by atoms with van der Waals surface area (Å²) >= 11 is 0. The van der Waals surface area contributed by atoms with Gasteiger partial charge in [0.1, 0.15) is 0 Å². The average molecular weight is 145 g/mol. The minimum atomic E-state index is -0.283. The van der Waals surface area contributed by atoms with Crippen LogP contribution in [0.25, 0.3) is 0 Å². The molecular weight excluding hydrogens is 130 g/mol. The molecule has 0 saturated carbocycles. The monoisotopic (exact) mass is 145 g/mol. The zero-order valence-electron chi connectivity index (χ0n) is 6.58. The summed E-state index contributed by atoms with van der Waals surface area (Å²) in [5.74, 6) is 0. The normalized spacial score (nSPS) is 30.9. The molecule has 0 aromatic rings. The van der Waals surface area contributed by atoms with Crippen LogP contribution in [0.2, 0.25) is 0 Å². The highest BCUT2D eigenvalue weighted by Gasteiger charge is 2.24. The van der Waals surface area contributed by atoms with Gasteiger partial charge in [0.15, 0.2) is 0 Å². The highest BCUT2D eigenvalue weighted by Crippen LogP contribution is 2.11. The zero-order valence-corrected chi connectivity index (χ0v) is 6.58. The van der Waals surface area contributed by atoms with Gasteiger partial charge in [0.05, 0.1) is 19.3 Å². The average Bonchev–Trinajstić information content (AvgIpc) is 2.34. The Hall–Kier alpha value is -0.120. The highest BCUT2D eigenvalue weighted by molar-refractivity contribution is 4.68. The number of hydrogen-bond donors (Lipinski definition) is 1. The molecule has 1 saturated heterocycles. The summed E-state index contributed by atoms with van der Waals surface area (Å²) in [7, 11) is 0. The summed E-state index contributed by atoms with van der Waals surface area (Å²) in [4.78, 5) is 5.20. The quantitative estimate of drug-likeness (QED) is 0.610. The Morgan fingerprint density at radius 2 is 2.50 bits per heavy atom. The minimum absolute atomic E-state index is 0.283. The molecule has 1 aliphatic rings. The Bertz CT molecular complexity index is 108. The van der Waals surface area contributed by atoms with Gasteiger partial charge in [0, 0.05) is 6.04 Å². The molecule has 1 aliphatic heterocycles. The summed E-state index contributed by atoms with van der Waals surface area (Å²) in [6, 6.07) is 0.428. The number of hydrogen-bond acceptors (Lipinski definition) is 3. The van der Waals surface area contributed by atoms with E-state index in [1.165, 1.54) is 0 Å². The molecule has 0 aliphatic carbocycles. The maximum atomic E-state index is 9.08. The van der Waals surface area contributed by atoms with Crippen molar-refractivity contribution in [2.45, 2.75) is 32.4 Å². The maximum Gasteiger partial charge on any atom is 0.0958 e. The highest BCUT2D eigenvalue weighted by atomic mass is 16.7. The third-order valence-corrected chi connectivity index (χ3v) is 1.91. The molecule has 0 bridgehead atoms. The first-order chi connectivity index (χ1) is 4.74. The fraction of sp³-hybridized carbons (Fsp3) is 1.00. The second-order valence-corrected chi connectivity index (χ2v) is 2.81. The van der Waals surface area contributed by atoms with Gasteiger partial charge in [-0.3, -0.25) is 4.84 Å². The van der Waals surface area contributed by atoms with Crippen LogP contribution in [-0.4, -0.2) is 35.5 Å². The van der Waals surface area contributed by atoms with Crippen LogP contribution in [0.5, 0.6) is 0 Å². The largest absolute Gasteiger partial charge is 0.389 e. The smallest absolute Gasteiger partial charge is 0.0958 e. The van der Waals surface area contributed by atoms with Crippen molar-refractivity contribution in [2.24, 2.45) is 0 Å². The molecule has 0 radical (unpaired) electrons. The van der Waals surface area contributed by atoms with Crippen LogP contribution >= 0.6 is 0 Å². The van der Waals surface area contributed by atoms with Gasteiger partial charge in [-0.1, -0.05) is 6.92 Å². The van der Waals surface area contributed by atoms with Gasteiger partial charge in [-0.25, -0.2) is 0 Å². The van der Waals surface area contributed by atoms with Crippen molar-refractivity contribution in [1.29, 1.82) is 0 Å². The first-order valence-corrected chi connectivity index (χ1v) is 3.81. The molecule has 0 aromatic heterocycles. The molecule has 1 unspecified atom stereocenters. The van der Waals surface area contributed by atoms with E-state index in [4.69, 9.17) is 9.94 Å². The molecule has 10 heavy (non-hydrogen) atoms. The molecular formula is C7H15NO2. The van der Waals surface area contributed by atoms with Gasteiger partial charge < -0.3 is 5.11 Å². The number of nitrogens with zero attached hydrogens (tertiary/aromatic N) is 1. The van der Waals surface area contributed by atoms with Gasteiger partial charge in [-0.2, -0.15) is 5.06 Å². The Labute approximate surface area is 61.5 Å². The molecule has 3 nitrogen and oxygen atoms in total. The Kier molecular flexibility index (Phi) is 2.65. The number of aliphatic hydroxyl groups is 1. The van der Waals surface area contributed by atoms with Crippen molar-refractivity contribution < 1.29 is 9.94 Å². The van der Waals surface area contributed by atoms with Gasteiger partial charge in [0.2, 0.25) is 0 Å². The van der Waals surface area contributed by atoms with E-state index in [9.17, 15) is 0 Å². The molecule has 0 spiro atoms. The molecule has 1 heterocycles. The maximum absolute atomic E-state index is 9.08. The second kappa shape index (κ2) is 3.32. The van der Waals surface area contributed by atoms with Gasteiger partial charge in [-0.05, 0) is 13.3 Å². The van der Waals surface area contributed by atoms with E-state index in [1.807, 2.05) is 5.06 Å². The van der Waals surface area contributed by atoms with Gasteiger partial charge in [0.25, 0.3) is 0 Å². The van der Waals surface area contributed by atoms with E-state index in [0.29, 0.717) is 19.2 Å². The predicted octanol–water partition coefficient (Wildman–Crippen LogP) is 0.393. The van der Waals surface area contributed by atoms with E-state index in [1.54, 1.807) is 0 Å². The lowest BCUT2D eigenvalue weighted by Crippen LogP contribution is -2.29. The summed E-state index contributed by atoms with van der Waals surface area (Å²) < 4.78 is 0. The minimum Gasteiger partial charge on any atom is -0.389 e. The van der Waals surface area contributed by atoms with Crippen LogP contribution in [0.1, 0.15) is 20.3 Å². The van der Waals surface area contributed by atoms with Crippen LogP contribution < -0.4 is 0 Å². The van der Waals surface area contributed by atoms with E-state index in [2.05, 4.69) is 13.8 Å². The topological polar surface area (TPSA) is 32.7 Å². The molecule has 1 fully saturated rings. The SMILES string of the molecule is CCC(C)N1C[C@@H](O)CO1. The van der Waals surface area contributed by atoms with Crippen molar-refractivity contribution in [3.63, 3.8) is 0 Å². The Morgan fingerprint density at radius 1 is 1.80 bits per heavy atom. The van der Waals surface area contributed by atoms with Crippen molar-refractivity contribution in [3.05, 3.63) is 0 Å². The fourth-order valence-corrected chi connectivity index (χ4v) is 1.01. The lowest BCUT2D eigenvalue weighted by molar-refractivity contribution is -0.137. The lowest BCUT2D eigenvalue weighted by Gasteiger charge is -2.19. The molecule has 2 atom stereocenters. The number of rotatable bonds is 2. The second-order valence-electron chi connectivity index (χ2n) is 2.81.